The van der Waals surface area contributed by atoms with E-state index in [2.05, 4.69) is 10.3 Å². The fourth-order valence-corrected chi connectivity index (χ4v) is 9.55. The molecule has 3 saturated heterocycles. The molecule has 0 spiro atoms. The Morgan fingerprint density at radius 1 is 1.02 bits per heavy atom. The molecule has 4 heterocycles. The molecule has 1 aromatic rings. The molecule has 2 radical (unpaired) electrons. The molecular weight excluding hydrogens is 765 g/mol. The van der Waals surface area contributed by atoms with Gasteiger partial charge in [0.05, 0.1) is 47.2 Å². The van der Waals surface area contributed by atoms with Gasteiger partial charge in [0, 0.05) is 57.2 Å². The molecule has 0 aliphatic carbocycles. The van der Waals surface area contributed by atoms with Crippen LogP contribution >= 0.6 is 0 Å². The lowest BCUT2D eigenvalue weighted by molar-refractivity contribution is -0.318. The van der Waals surface area contributed by atoms with Gasteiger partial charge < -0.3 is 68.3 Å². The number of hydrogen-bond donors (Lipinski definition) is 5. The van der Waals surface area contributed by atoms with Crippen LogP contribution in [0.25, 0.3) is 0 Å². The summed E-state index contributed by atoms with van der Waals surface area (Å²) in [5.74, 6) is -2.73. The van der Waals surface area contributed by atoms with Crippen molar-refractivity contribution in [1.82, 2.24) is 24.7 Å². The van der Waals surface area contributed by atoms with Gasteiger partial charge in [-0.15, -0.1) is 5.10 Å². The molecule has 3 fully saturated rings. The van der Waals surface area contributed by atoms with Crippen LogP contribution in [-0.2, 0) is 39.6 Å². The number of carbonyl (C=O) groups is 1. The molecule has 0 unspecified atom stereocenters. The first-order valence-corrected chi connectivity index (χ1v) is 21.3. The van der Waals surface area contributed by atoms with Gasteiger partial charge in [-0.1, -0.05) is 26.0 Å². The van der Waals surface area contributed by atoms with Crippen LogP contribution in [0.3, 0.4) is 0 Å². The Balaban J connectivity index is 1.77. The highest BCUT2D eigenvalue weighted by Crippen LogP contribution is 2.40. The number of cyclic esters (lactones) is 1. The summed E-state index contributed by atoms with van der Waals surface area (Å²) in [6.07, 6.45) is -6.66. The van der Waals surface area contributed by atoms with Crippen LogP contribution < -0.4 is 0 Å². The Labute approximate surface area is 352 Å². The Hall–Kier alpha value is -1.81. The van der Waals surface area contributed by atoms with Crippen LogP contribution in [0, 0.1) is 17.8 Å². The molecule has 338 valence electrons. The molecule has 0 saturated carbocycles. The van der Waals surface area contributed by atoms with E-state index in [0.717, 1.165) is 4.59 Å². The van der Waals surface area contributed by atoms with Gasteiger partial charge in [0.25, 0.3) is 7.98 Å². The standard InChI is InChI=1S/C41H74BN5O12/c1-14-30-41(10,53)34(49)26(6)46(12)20-22(2)18-39(8,52)36(59-38-32(48)29(17-23(3)55-38)45(11)16-15-28-21-47(42)44-43-28)24(4)33(25(5)37(51)57-30)58-31-19-40(9,54-13)35(50)27(7)56-31/h21-27,29-36,38,48-50,52-53H,14-20H2,1-13H3/t22-,23-,24-,25-,26-,27+,29+,30-,31+,32-,33-,34-,35+,36-,38+,39-,40-,41-/m1/s1. The topological polar surface area (TPSA) is 211 Å². The Morgan fingerprint density at radius 2 is 1.68 bits per heavy atom. The molecule has 5 N–H and O–H groups in total. The predicted molar refractivity (Wildman–Crippen MR) is 218 cm³/mol. The summed E-state index contributed by atoms with van der Waals surface area (Å²) in [6.45, 7) is 18.5. The maximum Gasteiger partial charge on any atom is 0.311 e. The smallest absolute Gasteiger partial charge is 0.311 e. The number of aliphatic hydroxyl groups is 5. The fraction of sp³-hybridized carbons (Fsp3) is 0.927. The van der Waals surface area contributed by atoms with E-state index in [9.17, 15) is 30.3 Å². The van der Waals surface area contributed by atoms with Crippen LogP contribution in [0.15, 0.2) is 6.20 Å². The normalized spacial score (nSPS) is 45.1. The highest BCUT2D eigenvalue weighted by Gasteiger charge is 2.52. The number of esters is 1. The van der Waals surface area contributed by atoms with E-state index in [4.69, 9.17) is 36.4 Å². The Kier molecular flexibility index (Phi) is 17.0. The Morgan fingerprint density at radius 3 is 2.27 bits per heavy atom. The van der Waals surface area contributed by atoms with Crippen LogP contribution in [0.1, 0.15) is 101 Å². The minimum Gasteiger partial charge on any atom is -0.459 e. The molecule has 3 aliphatic rings. The SMILES string of the molecule is [B]n1cc(CCN(C)[C@H]2C[C@@H](C)O[C@@H](O[C@@H]3[C@H](C)[C@@H](O[C@H]4C[C@@](C)(OC)[C@@H](O)[C@H](C)O4)[C@@H](C)C(=O)O[C@H](CC)[C@@](C)(O)[C@H](O)[C@@H](C)N(C)C[C@H](C)C[C@@]3(C)O)[C@@H]2O)nn1. The van der Waals surface area contributed by atoms with Crippen LogP contribution in [0.4, 0.5) is 0 Å². The maximum absolute atomic E-state index is 14.3. The number of ether oxygens (including phenoxy) is 6. The summed E-state index contributed by atoms with van der Waals surface area (Å²) < 4.78 is 39.1. The first kappa shape index (κ1) is 49.8. The summed E-state index contributed by atoms with van der Waals surface area (Å²) in [7, 11) is 10.9. The van der Waals surface area contributed by atoms with Crippen molar-refractivity contribution in [2.75, 3.05) is 34.3 Å². The van der Waals surface area contributed by atoms with Crippen molar-refractivity contribution in [3.63, 3.8) is 0 Å². The molecule has 59 heavy (non-hydrogen) atoms. The molecular formula is C41H74BN5O12. The van der Waals surface area contributed by atoms with E-state index >= 15 is 0 Å². The third-order valence-corrected chi connectivity index (χ3v) is 13.4. The number of rotatable bonds is 10. The van der Waals surface area contributed by atoms with Gasteiger partial charge in [-0.2, -0.15) is 0 Å². The maximum atomic E-state index is 14.3. The second-order valence-electron chi connectivity index (χ2n) is 18.6. The number of methoxy groups -OCH3 is 1. The molecule has 3 aliphatic heterocycles. The largest absolute Gasteiger partial charge is 0.459 e. The van der Waals surface area contributed by atoms with Crippen molar-refractivity contribution in [1.29, 1.82) is 0 Å². The van der Waals surface area contributed by atoms with Crippen LogP contribution in [0.2, 0.25) is 0 Å². The van der Waals surface area contributed by atoms with Crippen molar-refractivity contribution < 1.29 is 58.7 Å². The molecule has 1 aromatic heterocycles. The minimum absolute atomic E-state index is 0.110. The van der Waals surface area contributed by atoms with Crippen molar-refractivity contribution in [3.05, 3.63) is 11.9 Å². The van der Waals surface area contributed by atoms with Crippen LogP contribution in [0.5, 0.6) is 0 Å². The summed E-state index contributed by atoms with van der Waals surface area (Å²) in [5, 5.41) is 66.9. The highest BCUT2D eigenvalue weighted by molar-refractivity contribution is 6.05. The molecule has 18 atom stereocenters. The fourth-order valence-electron chi connectivity index (χ4n) is 9.55. The zero-order valence-corrected chi connectivity index (χ0v) is 37.6. The van der Waals surface area contributed by atoms with Crippen molar-refractivity contribution in [3.8, 4) is 0 Å². The van der Waals surface area contributed by atoms with E-state index in [1.165, 1.54) is 14.0 Å². The third-order valence-electron chi connectivity index (χ3n) is 13.4. The van der Waals surface area contributed by atoms with Crippen molar-refractivity contribution in [2.24, 2.45) is 17.8 Å². The molecule has 17 nitrogen and oxygen atoms in total. The van der Waals surface area contributed by atoms with Crippen LogP contribution in [-0.4, -0.2) is 189 Å². The first-order valence-electron chi connectivity index (χ1n) is 21.3. The number of hydrogen-bond acceptors (Lipinski definition) is 16. The van der Waals surface area contributed by atoms with E-state index in [1.807, 2.05) is 44.7 Å². The number of aromatic nitrogens is 3. The van der Waals surface area contributed by atoms with Gasteiger partial charge in [0.15, 0.2) is 12.6 Å². The minimum atomic E-state index is -1.82. The van der Waals surface area contributed by atoms with Gasteiger partial charge in [-0.3, -0.25) is 4.79 Å². The van der Waals surface area contributed by atoms with Gasteiger partial charge in [0.1, 0.15) is 30.0 Å². The molecule has 0 amide bonds. The van der Waals surface area contributed by atoms with Crippen molar-refractivity contribution in [2.45, 2.75) is 192 Å². The van der Waals surface area contributed by atoms with Gasteiger partial charge in [-0.05, 0) is 87.7 Å². The average Bonchev–Trinajstić information content (AvgIpc) is 3.59. The van der Waals surface area contributed by atoms with Gasteiger partial charge in [0.2, 0.25) is 0 Å². The summed E-state index contributed by atoms with van der Waals surface area (Å²) in [4.78, 5) is 18.3. The summed E-state index contributed by atoms with van der Waals surface area (Å²) >= 11 is 0. The number of aliphatic hydroxyl groups excluding tert-OH is 3. The number of carbonyl (C=O) groups excluding carboxylic acids is 1. The second kappa shape index (κ2) is 20.1. The lowest BCUT2D eigenvalue weighted by Crippen LogP contribution is -2.61. The summed E-state index contributed by atoms with van der Waals surface area (Å²) in [6, 6.07) is -0.955. The highest BCUT2D eigenvalue weighted by atomic mass is 16.7. The van der Waals surface area contributed by atoms with E-state index in [-0.39, 0.29) is 31.3 Å². The lowest BCUT2D eigenvalue weighted by Gasteiger charge is -2.49. The second-order valence-corrected chi connectivity index (χ2v) is 18.6. The monoisotopic (exact) mass is 840 g/mol. The zero-order valence-electron chi connectivity index (χ0n) is 37.6. The first-order chi connectivity index (χ1) is 27.4. The molecule has 4 rings (SSSR count). The molecule has 0 bridgehead atoms. The van der Waals surface area contributed by atoms with Gasteiger partial charge in [-0.25, -0.2) is 0 Å². The molecule has 18 heteroatoms. The quantitative estimate of drug-likeness (QED) is 0.165. The zero-order chi connectivity index (χ0) is 44.4. The summed E-state index contributed by atoms with van der Waals surface area (Å²) in [5.41, 5.74) is -3.78. The van der Waals surface area contributed by atoms with E-state index < -0.39 is 102 Å². The third kappa shape index (κ3) is 11.6. The average molecular weight is 840 g/mol. The van der Waals surface area contributed by atoms with E-state index in [1.54, 1.807) is 47.7 Å². The Bertz CT molecular complexity index is 1490. The predicted octanol–water partition coefficient (Wildman–Crippen LogP) is 1.04. The van der Waals surface area contributed by atoms with E-state index in [0.29, 0.717) is 31.6 Å². The number of nitrogens with zero attached hydrogens (tertiary/aromatic N) is 5. The number of likely N-dealkylation sites (N-methyl/N-ethyl adjacent to an activating group) is 2. The van der Waals surface area contributed by atoms with Crippen molar-refractivity contribution >= 4 is 14.0 Å². The van der Waals surface area contributed by atoms with Gasteiger partial charge >= 0.3 is 5.97 Å². The lowest BCUT2D eigenvalue weighted by atomic mass is 9.77. The molecule has 0 aromatic carbocycles.